The van der Waals surface area contributed by atoms with Crippen LogP contribution in [0.4, 0.5) is 0 Å². The van der Waals surface area contributed by atoms with E-state index < -0.39 is 41.8 Å². The SMILES string of the molecule is COC(=O)[C@H](Cc1ccccc1)NC(=O)[C@@H](Cc1ccccc1)NC(=O)[C@@H](N)CC(N)=O. The maximum atomic E-state index is 13.1. The highest BCUT2D eigenvalue weighted by atomic mass is 16.5. The fourth-order valence-corrected chi connectivity index (χ4v) is 3.10. The average Bonchev–Trinajstić information content (AvgIpc) is 2.78. The molecule has 9 nitrogen and oxygen atoms in total. The quantitative estimate of drug-likeness (QED) is 0.355. The first-order valence-electron chi connectivity index (χ1n) is 10.1. The smallest absolute Gasteiger partial charge is 0.328 e. The molecule has 0 aromatic heterocycles. The molecule has 0 radical (unpaired) electrons. The highest BCUT2D eigenvalue weighted by Gasteiger charge is 2.29. The van der Waals surface area contributed by atoms with Crippen molar-refractivity contribution in [1.29, 1.82) is 0 Å². The van der Waals surface area contributed by atoms with Crippen LogP contribution in [0.25, 0.3) is 0 Å². The van der Waals surface area contributed by atoms with Crippen molar-refractivity contribution in [2.24, 2.45) is 11.5 Å². The summed E-state index contributed by atoms with van der Waals surface area (Å²) in [7, 11) is 1.23. The lowest BCUT2D eigenvalue weighted by Gasteiger charge is -2.23. The summed E-state index contributed by atoms with van der Waals surface area (Å²) in [5.41, 5.74) is 12.4. The van der Waals surface area contributed by atoms with E-state index in [1.165, 1.54) is 7.11 Å². The number of amides is 3. The molecule has 0 heterocycles. The second-order valence-corrected chi connectivity index (χ2v) is 7.30. The Labute approximate surface area is 186 Å². The standard InChI is InChI=1S/C23H28N4O5/c1-32-23(31)19(13-16-10-6-3-7-11-16)27-22(30)18(12-15-8-4-2-5-9-15)26-21(29)17(24)14-20(25)28/h2-11,17-19H,12-14,24H2,1H3,(H2,25,28)(H,26,29)(H,27,30)/t17-,18+,19-/m0/s1. The number of nitrogens with one attached hydrogen (secondary N) is 2. The van der Waals surface area contributed by atoms with Gasteiger partial charge in [0, 0.05) is 12.8 Å². The summed E-state index contributed by atoms with van der Waals surface area (Å²) in [6.45, 7) is 0. The number of hydrogen-bond donors (Lipinski definition) is 4. The van der Waals surface area contributed by atoms with Crippen LogP contribution < -0.4 is 22.1 Å². The molecule has 0 fully saturated rings. The van der Waals surface area contributed by atoms with Gasteiger partial charge in [0.2, 0.25) is 17.7 Å². The van der Waals surface area contributed by atoms with E-state index in [2.05, 4.69) is 10.6 Å². The van der Waals surface area contributed by atoms with Gasteiger partial charge in [-0.15, -0.1) is 0 Å². The van der Waals surface area contributed by atoms with E-state index in [1.54, 1.807) is 24.3 Å². The van der Waals surface area contributed by atoms with E-state index in [-0.39, 0.29) is 19.3 Å². The molecule has 3 amide bonds. The minimum atomic E-state index is -1.20. The number of esters is 1. The summed E-state index contributed by atoms with van der Waals surface area (Å²) in [4.78, 5) is 48.9. The van der Waals surface area contributed by atoms with Crippen molar-refractivity contribution < 1.29 is 23.9 Å². The van der Waals surface area contributed by atoms with E-state index in [9.17, 15) is 19.2 Å². The van der Waals surface area contributed by atoms with Crippen LogP contribution in [0.5, 0.6) is 0 Å². The molecule has 0 bridgehead atoms. The van der Waals surface area contributed by atoms with Crippen LogP contribution in [-0.2, 0) is 36.8 Å². The second-order valence-electron chi connectivity index (χ2n) is 7.30. The lowest BCUT2D eigenvalue weighted by atomic mass is 10.0. The van der Waals surface area contributed by atoms with Gasteiger partial charge in [-0.2, -0.15) is 0 Å². The first kappa shape index (κ1) is 24.5. The van der Waals surface area contributed by atoms with Crippen LogP contribution in [0.15, 0.2) is 60.7 Å². The largest absolute Gasteiger partial charge is 0.467 e. The Morgan fingerprint density at radius 1 is 0.812 bits per heavy atom. The molecule has 2 aromatic rings. The molecule has 6 N–H and O–H groups in total. The van der Waals surface area contributed by atoms with Crippen LogP contribution in [0.3, 0.4) is 0 Å². The third-order valence-corrected chi connectivity index (χ3v) is 4.76. The Kier molecular flexibility index (Phi) is 9.37. The molecule has 0 aliphatic carbocycles. The maximum absolute atomic E-state index is 13.1. The van der Waals surface area contributed by atoms with Gasteiger partial charge in [0.05, 0.1) is 19.6 Å². The third kappa shape index (κ3) is 7.84. The van der Waals surface area contributed by atoms with Gasteiger partial charge in [0.15, 0.2) is 0 Å². The number of methoxy groups -OCH3 is 1. The topological polar surface area (TPSA) is 154 Å². The summed E-state index contributed by atoms with van der Waals surface area (Å²) >= 11 is 0. The Balaban J connectivity index is 2.19. The number of primary amides is 1. The molecule has 0 aliphatic rings. The van der Waals surface area contributed by atoms with E-state index in [1.807, 2.05) is 36.4 Å². The summed E-state index contributed by atoms with van der Waals surface area (Å²) in [5.74, 6) is -2.62. The Morgan fingerprint density at radius 2 is 1.28 bits per heavy atom. The highest BCUT2D eigenvalue weighted by molar-refractivity contribution is 5.93. The Morgan fingerprint density at radius 3 is 1.75 bits per heavy atom. The van der Waals surface area contributed by atoms with Crippen LogP contribution in [0, 0.1) is 0 Å². The van der Waals surface area contributed by atoms with Gasteiger partial charge in [0.1, 0.15) is 12.1 Å². The number of rotatable bonds is 11. The molecule has 3 atom stereocenters. The van der Waals surface area contributed by atoms with E-state index >= 15 is 0 Å². The predicted molar refractivity (Wildman–Crippen MR) is 118 cm³/mol. The van der Waals surface area contributed by atoms with Crippen molar-refractivity contribution in [1.82, 2.24) is 10.6 Å². The van der Waals surface area contributed by atoms with Crippen LogP contribution in [-0.4, -0.2) is 48.9 Å². The lowest BCUT2D eigenvalue weighted by molar-refractivity contribution is -0.145. The van der Waals surface area contributed by atoms with Crippen LogP contribution >= 0.6 is 0 Å². The number of carbonyl (C=O) groups is 4. The Bertz CT molecular complexity index is 920. The molecule has 0 saturated heterocycles. The predicted octanol–water partition coefficient (Wildman–Crippen LogP) is -0.183. The minimum absolute atomic E-state index is 0.154. The van der Waals surface area contributed by atoms with Gasteiger partial charge in [-0.05, 0) is 11.1 Å². The van der Waals surface area contributed by atoms with Crippen molar-refractivity contribution in [3.63, 3.8) is 0 Å². The van der Waals surface area contributed by atoms with Gasteiger partial charge < -0.3 is 26.8 Å². The van der Waals surface area contributed by atoms with Gasteiger partial charge in [-0.1, -0.05) is 60.7 Å². The second kappa shape index (κ2) is 12.2. The van der Waals surface area contributed by atoms with Crippen LogP contribution in [0.2, 0.25) is 0 Å². The molecule has 2 aromatic carbocycles. The van der Waals surface area contributed by atoms with Crippen molar-refractivity contribution >= 4 is 23.7 Å². The first-order chi connectivity index (χ1) is 15.3. The number of nitrogens with two attached hydrogens (primary N) is 2. The molecule has 9 heteroatoms. The average molecular weight is 441 g/mol. The van der Waals surface area contributed by atoms with Gasteiger partial charge in [-0.3, -0.25) is 14.4 Å². The number of ether oxygens (including phenoxy) is 1. The number of hydrogen-bond acceptors (Lipinski definition) is 6. The van der Waals surface area contributed by atoms with E-state index in [4.69, 9.17) is 16.2 Å². The Hall–Kier alpha value is -3.72. The molecule has 0 unspecified atom stereocenters. The molecular formula is C23H28N4O5. The monoisotopic (exact) mass is 440 g/mol. The van der Waals surface area contributed by atoms with Crippen molar-refractivity contribution in [3.8, 4) is 0 Å². The lowest BCUT2D eigenvalue weighted by Crippen LogP contribution is -2.56. The zero-order chi connectivity index (χ0) is 23.5. The third-order valence-electron chi connectivity index (χ3n) is 4.76. The van der Waals surface area contributed by atoms with Gasteiger partial charge >= 0.3 is 5.97 Å². The summed E-state index contributed by atoms with van der Waals surface area (Å²) in [5, 5.41) is 5.22. The zero-order valence-electron chi connectivity index (χ0n) is 17.8. The van der Waals surface area contributed by atoms with Gasteiger partial charge in [0.25, 0.3) is 0 Å². The molecule has 32 heavy (non-hydrogen) atoms. The highest BCUT2D eigenvalue weighted by Crippen LogP contribution is 2.08. The fraction of sp³-hybridized carbons (Fsp3) is 0.304. The molecular weight excluding hydrogens is 412 g/mol. The van der Waals surface area contributed by atoms with Crippen molar-refractivity contribution in [2.45, 2.75) is 37.4 Å². The van der Waals surface area contributed by atoms with Gasteiger partial charge in [-0.25, -0.2) is 4.79 Å². The molecule has 170 valence electrons. The van der Waals surface area contributed by atoms with Crippen molar-refractivity contribution in [3.05, 3.63) is 71.8 Å². The fourth-order valence-electron chi connectivity index (χ4n) is 3.10. The number of benzene rings is 2. The molecule has 0 aliphatic heterocycles. The summed E-state index contributed by atoms with van der Waals surface area (Å²) in [6, 6.07) is 15.0. The maximum Gasteiger partial charge on any atom is 0.328 e. The van der Waals surface area contributed by atoms with E-state index in [0.29, 0.717) is 0 Å². The normalized spacial score (nSPS) is 13.3. The van der Waals surface area contributed by atoms with Crippen LogP contribution in [0.1, 0.15) is 17.5 Å². The summed E-state index contributed by atoms with van der Waals surface area (Å²) in [6.07, 6.45) is 0.0116. The summed E-state index contributed by atoms with van der Waals surface area (Å²) < 4.78 is 4.83. The zero-order valence-corrected chi connectivity index (χ0v) is 17.8. The molecule has 2 rings (SSSR count). The minimum Gasteiger partial charge on any atom is -0.467 e. The van der Waals surface area contributed by atoms with E-state index in [0.717, 1.165) is 11.1 Å². The first-order valence-corrected chi connectivity index (χ1v) is 10.1. The van der Waals surface area contributed by atoms with Crippen molar-refractivity contribution in [2.75, 3.05) is 7.11 Å². The number of carbonyl (C=O) groups excluding carboxylic acids is 4. The molecule has 0 saturated carbocycles. The molecule has 0 spiro atoms.